The maximum Gasteiger partial charge on any atom is 0.175 e. The number of Topliss-reactive ketones (excluding diaryl/α,β-unsaturated/α-hetero) is 1. The molecule has 88 valence electrons. The molecular formula is C13H19NOS. The van der Waals surface area contributed by atoms with Crippen molar-refractivity contribution < 1.29 is 4.79 Å². The van der Waals surface area contributed by atoms with E-state index in [-0.39, 0.29) is 16.6 Å². The van der Waals surface area contributed by atoms with Gasteiger partial charge in [-0.25, -0.2) is 4.98 Å². The maximum atomic E-state index is 12.0. The third kappa shape index (κ3) is 2.05. The van der Waals surface area contributed by atoms with Gasteiger partial charge in [-0.2, -0.15) is 0 Å². The van der Waals surface area contributed by atoms with Gasteiger partial charge in [-0.3, -0.25) is 4.79 Å². The van der Waals surface area contributed by atoms with E-state index in [9.17, 15) is 4.79 Å². The first-order valence-corrected chi connectivity index (χ1v) is 6.54. The van der Waals surface area contributed by atoms with Gasteiger partial charge in [0.1, 0.15) is 0 Å². The Hall–Kier alpha value is -0.700. The minimum atomic E-state index is 0.0480. The van der Waals surface area contributed by atoms with E-state index in [1.807, 2.05) is 0 Å². The Bertz CT molecular complexity index is 437. The average molecular weight is 237 g/mol. The Balaban J connectivity index is 2.46. The van der Waals surface area contributed by atoms with E-state index in [0.29, 0.717) is 6.42 Å². The van der Waals surface area contributed by atoms with Crippen LogP contribution < -0.4 is 0 Å². The number of rotatable bonds is 0. The van der Waals surface area contributed by atoms with Crippen LogP contribution in [0.15, 0.2) is 0 Å². The van der Waals surface area contributed by atoms with Crippen LogP contribution in [0.1, 0.15) is 61.4 Å². The van der Waals surface area contributed by atoms with Crippen molar-refractivity contribution in [3.63, 3.8) is 0 Å². The summed E-state index contributed by atoms with van der Waals surface area (Å²) in [6.07, 6.45) is 1.59. The Morgan fingerprint density at radius 3 is 2.44 bits per heavy atom. The zero-order valence-electron chi connectivity index (χ0n) is 10.7. The quantitative estimate of drug-likeness (QED) is 0.690. The van der Waals surface area contributed by atoms with Crippen molar-refractivity contribution in [1.82, 2.24) is 4.98 Å². The van der Waals surface area contributed by atoms with Crippen LogP contribution in [0.3, 0.4) is 0 Å². The number of nitrogens with zero attached hydrogens (tertiary/aromatic N) is 1. The van der Waals surface area contributed by atoms with Crippen LogP contribution in [0.5, 0.6) is 0 Å². The van der Waals surface area contributed by atoms with Gasteiger partial charge in [0, 0.05) is 11.8 Å². The van der Waals surface area contributed by atoms with Crippen LogP contribution in [-0.2, 0) is 11.8 Å². The Kier molecular flexibility index (Phi) is 2.50. The number of hydrogen-bond donors (Lipinski definition) is 0. The van der Waals surface area contributed by atoms with Gasteiger partial charge in [0.15, 0.2) is 5.78 Å². The summed E-state index contributed by atoms with van der Waals surface area (Å²) in [6.45, 7) is 10.7. The average Bonchev–Trinajstić information content (AvgIpc) is 2.44. The molecule has 0 aliphatic heterocycles. The molecule has 1 aliphatic rings. The molecule has 2 rings (SSSR count). The third-order valence-electron chi connectivity index (χ3n) is 2.88. The lowest BCUT2D eigenvalue weighted by Crippen LogP contribution is -2.26. The zero-order valence-corrected chi connectivity index (χ0v) is 11.5. The molecule has 0 saturated carbocycles. The SMILES string of the molecule is CC1(C)CC(=O)c2sc(C(C)(C)C)nc2C1. The summed E-state index contributed by atoms with van der Waals surface area (Å²) in [7, 11) is 0. The summed E-state index contributed by atoms with van der Waals surface area (Å²) in [6, 6.07) is 0. The molecule has 1 aromatic heterocycles. The van der Waals surface area contributed by atoms with Crippen molar-refractivity contribution in [3.05, 3.63) is 15.6 Å². The van der Waals surface area contributed by atoms with Crippen LogP contribution >= 0.6 is 11.3 Å². The summed E-state index contributed by atoms with van der Waals surface area (Å²) in [4.78, 5) is 17.6. The molecule has 1 heterocycles. The van der Waals surface area contributed by atoms with Gasteiger partial charge in [0.25, 0.3) is 0 Å². The molecule has 0 saturated heterocycles. The first-order valence-electron chi connectivity index (χ1n) is 5.72. The number of carbonyl (C=O) groups excluding carboxylic acids is 1. The second-order valence-electron chi connectivity index (χ2n) is 6.49. The highest BCUT2D eigenvalue weighted by atomic mass is 32.1. The first-order chi connectivity index (χ1) is 7.19. The molecule has 0 atom stereocenters. The summed E-state index contributed by atoms with van der Waals surface area (Å²) >= 11 is 1.59. The number of ketones is 1. The van der Waals surface area contributed by atoms with E-state index in [4.69, 9.17) is 0 Å². The van der Waals surface area contributed by atoms with E-state index >= 15 is 0 Å². The van der Waals surface area contributed by atoms with Crippen LogP contribution in [0.2, 0.25) is 0 Å². The fourth-order valence-electron chi connectivity index (χ4n) is 2.04. The van der Waals surface area contributed by atoms with Gasteiger partial charge in [-0.05, 0) is 11.8 Å². The molecule has 0 bridgehead atoms. The van der Waals surface area contributed by atoms with Crippen LogP contribution in [-0.4, -0.2) is 10.8 Å². The highest BCUT2D eigenvalue weighted by molar-refractivity contribution is 7.14. The number of fused-ring (bicyclic) bond motifs is 1. The second-order valence-corrected chi connectivity index (χ2v) is 7.48. The van der Waals surface area contributed by atoms with E-state index in [1.165, 1.54) is 0 Å². The minimum absolute atomic E-state index is 0.0480. The lowest BCUT2D eigenvalue weighted by molar-refractivity contribution is 0.0916. The molecule has 1 aliphatic carbocycles. The molecule has 0 radical (unpaired) electrons. The topological polar surface area (TPSA) is 30.0 Å². The third-order valence-corrected chi connectivity index (χ3v) is 4.44. The van der Waals surface area contributed by atoms with E-state index in [2.05, 4.69) is 39.6 Å². The van der Waals surface area contributed by atoms with Gasteiger partial charge >= 0.3 is 0 Å². The van der Waals surface area contributed by atoms with Crippen LogP contribution in [0.25, 0.3) is 0 Å². The standard InChI is InChI=1S/C13H19NOS/c1-12(2,3)11-14-8-6-13(4,5)7-9(15)10(8)16-11/h6-7H2,1-5H3. The van der Waals surface area contributed by atoms with Gasteiger partial charge in [0.05, 0.1) is 15.6 Å². The summed E-state index contributed by atoms with van der Waals surface area (Å²) in [5.41, 5.74) is 1.15. The van der Waals surface area contributed by atoms with Crippen molar-refractivity contribution in [2.75, 3.05) is 0 Å². The van der Waals surface area contributed by atoms with Gasteiger partial charge < -0.3 is 0 Å². The highest BCUT2D eigenvalue weighted by Crippen LogP contribution is 2.39. The highest BCUT2D eigenvalue weighted by Gasteiger charge is 2.35. The minimum Gasteiger partial charge on any atom is -0.293 e. The van der Waals surface area contributed by atoms with E-state index in [0.717, 1.165) is 22.0 Å². The molecular weight excluding hydrogens is 218 g/mol. The lowest BCUT2D eigenvalue weighted by atomic mass is 9.78. The smallest absolute Gasteiger partial charge is 0.175 e. The number of thiazole rings is 1. The Morgan fingerprint density at radius 1 is 1.25 bits per heavy atom. The predicted octanol–water partition coefficient (Wildman–Crippen LogP) is 3.60. The fourth-order valence-corrected chi connectivity index (χ4v) is 3.12. The molecule has 0 spiro atoms. The van der Waals surface area contributed by atoms with Crippen molar-refractivity contribution in [1.29, 1.82) is 0 Å². The molecule has 0 fully saturated rings. The van der Waals surface area contributed by atoms with Gasteiger partial charge in [0.2, 0.25) is 0 Å². The molecule has 16 heavy (non-hydrogen) atoms. The predicted molar refractivity (Wildman–Crippen MR) is 67.2 cm³/mol. The lowest BCUT2D eigenvalue weighted by Gasteiger charge is -2.26. The number of hydrogen-bond acceptors (Lipinski definition) is 3. The van der Waals surface area contributed by atoms with Crippen molar-refractivity contribution >= 4 is 17.1 Å². The van der Waals surface area contributed by atoms with Crippen molar-refractivity contribution in [3.8, 4) is 0 Å². The summed E-state index contributed by atoms with van der Waals surface area (Å²) in [5, 5.41) is 1.09. The largest absolute Gasteiger partial charge is 0.293 e. The number of carbonyl (C=O) groups is 1. The molecule has 0 unspecified atom stereocenters. The second kappa shape index (κ2) is 3.39. The molecule has 0 N–H and O–H groups in total. The number of aromatic nitrogens is 1. The summed E-state index contributed by atoms with van der Waals surface area (Å²) in [5.74, 6) is 0.277. The molecule has 1 aromatic rings. The molecule has 2 nitrogen and oxygen atoms in total. The monoisotopic (exact) mass is 237 g/mol. The zero-order chi connectivity index (χ0) is 12.1. The van der Waals surface area contributed by atoms with Gasteiger partial charge in [-0.1, -0.05) is 34.6 Å². The van der Waals surface area contributed by atoms with Crippen LogP contribution in [0, 0.1) is 5.41 Å². The van der Waals surface area contributed by atoms with E-state index < -0.39 is 0 Å². The normalized spacial score (nSPS) is 19.7. The van der Waals surface area contributed by atoms with E-state index in [1.54, 1.807) is 11.3 Å². The fraction of sp³-hybridized carbons (Fsp3) is 0.692. The van der Waals surface area contributed by atoms with Gasteiger partial charge in [-0.15, -0.1) is 11.3 Å². The molecule has 0 aromatic carbocycles. The molecule has 0 amide bonds. The Labute approximate surface area is 101 Å². The molecule has 3 heteroatoms. The summed E-state index contributed by atoms with van der Waals surface area (Å²) < 4.78 is 0. The van der Waals surface area contributed by atoms with Crippen molar-refractivity contribution in [2.45, 2.75) is 52.9 Å². The first kappa shape index (κ1) is 11.8. The maximum absolute atomic E-state index is 12.0. The van der Waals surface area contributed by atoms with Crippen LogP contribution in [0.4, 0.5) is 0 Å². The Morgan fingerprint density at radius 2 is 1.88 bits per heavy atom. The van der Waals surface area contributed by atoms with Crippen molar-refractivity contribution in [2.24, 2.45) is 5.41 Å².